The average Bonchev–Trinajstić information content (AvgIpc) is 2.46. The van der Waals surface area contributed by atoms with Crippen LogP contribution in [0.5, 0.6) is 0 Å². The van der Waals surface area contributed by atoms with Gasteiger partial charge >= 0.3 is 0 Å². The molecule has 0 bridgehead atoms. The highest BCUT2D eigenvalue weighted by atomic mass is 14.2. The molecular formula is C22H42. The zero-order chi connectivity index (χ0) is 16.7. The Kier molecular flexibility index (Phi) is 13.9. The summed E-state index contributed by atoms with van der Waals surface area (Å²) in [7, 11) is 0. The Morgan fingerprint density at radius 3 is 1.64 bits per heavy atom. The lowest BCUT2D eigenvalue weighted by Gasteiger charge is -2.27. The van der Waals surface area contributed by atoms with Gasteiger partial charge < -0.3 is 0 Å². The molecule has 0 heteroatoms. The van der Waals surface area contributed by atoms with Gasteiger partial charge in [0, 0.05) is 12.8 Å². The van der Waals surface area contributed by atoms with Gasteiger partial charge in [0.25, 0.3) is 0 Å². The van der Waals surface area contributed by atoms with E-state index in [0.29, 0.717) is 5.41 Å². The van der Waals surface area contributed by atoms with E-state index in [1.165, 1.54) is 70.6 Å². The van der Waals surface area contributed by atoms with Crippen molar-refractivity contribution in [2.24, 2.45) is 11.3 Å². The summed E-state index contributed by atoms with van der Waals surface area (Å²) in [5.74, 6) is 7.55. The summed E-state index contributed by atoms with van der Waals surface area (Å²) >= 11 is 0. The van der Waals surface area contributed by atoms with Crippen molar-refractivity contribution in [3.05, 3.63) is 0 Å². The van der Waals surface area contributed by atoms with Crippen molar-refractivity contribution < 1.29 is 0 Å². The van der Waals surface area contributed by atoms with Crippen LogP contribution >= 0.6 is 0 Å². The Morgan fingerprint density at radius 2 is 1.14 bits per heavy atom. The molecule has 0 rings (SSSR count). The Hall–Kier alpha value is -0.440. The van der Waals surface area contributed by atoms with E-state index in [4.69, 9.17) is 0 Å². The van der Waals surface area contributed by atoms with Crippen molar-refractivity contribution in [2.45, 2.75) is 118 Å². The second-order valence-corrected chi connectivity index (χ2v) is 8.09. The predicted molar refractivity (Wildman–Crippen MR) is 102 cm³/mol. The van der Waals surface area contributed by atoms with Gasteiger partial charge in [-0.15, -0.1) is 11.8 Å². The van der Waals surface area contributed by atoms with Crippen LogP contribution in [0.3, 0.4) is 0 Å². The van der Waals surface area contributed by atoms with Crippen LogP contribution in [0, 0.1) is 23.2 Å². The summed E-state index contributed by atoms with van der Waals surface area (Å²) in [5.41, 5.74) is 0.474. The van der Waals surface area contributed by atoms with Crippen molar-refractivity contribution >= 4 is 0 Å². The number of hydrogen-bond donors (Lipinski definition) is 0. The van der Waals surface area contributed by atoms with Crippen LogP contribution in [0.1, 0.15) is 118 Å². The predicted octanol–water partition coefficient (Wildman–Crippen LogP) is 7.76. The molecule has 0 aliphatic rings. The van der Waals surface area contributed by atoms with E-state index < -0.39 is 0 Å². The number of hydrogen-bond acceptors (Lipinski definition) is 0. The van der Waals surface area contributed by atoms with Crippen LogP contribution in [0.2, 0.25) is 0 Å². The molecule has 22 heavy (non-hydrogen) atoms. The van der Waals surface area contributed by atoms with Crippen molar-refractivity contribution in [3.8, 4) is 11.8 Å². The molecule has 0 aliphatic heterocycles. The molecule has 0 aromatic carbocycles. The van der Waals surface area contributed by atoms with Gasteiger partial charge in [0.2, 0.25) is 0 Å². The molecule has 0 saturated heterocycles. The average molecular weight is 307 g/mol. The second-order valence-electron chi connectivity index (χ2n) is 8.09. The van der Waals surface area contributed by atoms with E-state index in [9.17, 15) is 0 Å². The van der Waals surface area contributed by atoms with E-state index in [1.807, 2.05) is 0 Å². The van der Waals surface area contributed by atoms with Gasteiger partial charge in [-0.25, -0.2) is 0 Å². The molecule has 1 unspecified atom stereocenters. The fourth-order valence-corrected chi connectivity index (χ4v) is 2.62. The highest BCUT2D eigenvalue weighted by Crippen LogP contribution is 2.29. The topological polar surface area (TPSA) is 0 Å². The van der Waals surface area contributed by atoms with Crippen LogP contribution in [0.25, 0.3) is 0 Å². The van der Waals surface area contributed by atoms with E-state index in [2.05, 4.69) is 46.5 Å². The van der Waals surface area contributed by atoms with Crippen molar-refractivity contribution in [1.29, 1.82) is 0 Å². The molecule has 0 nitrogen and oxygen atoms in total. The van der Waals surface area contributed by atoms with Crippen LogP contribution in [-0.4, -0.2) is 0 Å². The summed E-state index contributed by atoms with van der Waals surface area (Å²) < 4.78 is 0. The highest BCUT2D eigenvalue weighted by Gasteiger charge is 2.18. The third-order valence-electron chi connectivity index (χ3n) is 4.95. The van der Waals surface area contributed by atoms with Crippen LogP contribution in [0.15, 0.2) is 0 Å². The largest absolute Gasteiger partial charge is 0.103 e. The molecule has 130 valence electrons. The summed E-state index contributed by atoms with van der Waals surface area (Å²) in [6.07, 6.45) is 17.3. The van der Waals surface area contributed by atoms with E-state index in [0.717, 1.165) is 18.8 Å². The molecule has 0 spiro atoms. The fraction of sp³-hybridized carbons (Fsp3) is 0.909. The summed E-state index contributed by atoms with van der Waals surface area (Å²) in [4.78, 5) is 0. The molecule has 0 aliphatic carbocycles. The minimum Gasteiger partial charge on any atom is -0.103 e. The zero-order valence-electron chi connectivity index (χ0n) is 16.3. The maximum absolute atomic E-state index is 3.36. The minimum atomic E-state index is 0.474. The van der Waals surface area contributed by atoms with Crippen molar-refractivity contribution in [2.75, 3.05) is 0 Å². The molecule has 0 aromatic heterocycles. The van der Waals surface area contributed by atoms with Gasteiger partial charge in [-0.3, -0.25) is 0 Å². The van der Waals surface area contributed by atoms with Gasteiger partial charge in [0.15, 0.2) is 0 Å². The highest BCUT2D eigenvalue weighted by molar-refractivity contribution is 4.98. The van der Waals surface area contributed by atoms with Gasteiger partial charge in [-0.1, -0.05) is 92.4 Å². The maximum atomic E-state index is 3.36. The number of rotatable bonds is 12. The standard InChI is InChI=1S/C22H42/c1-6-7-8-9-10-11-12-13-14-15-16-17-18-19-20-21(2)22(3,4)5/h21H,6-12,15-20H2,1-5H3. The molecule has 0 amide bonds. The van der Waals surface area contributed by atoms with E-state index in [-0.39, 0.29) is 0 Å². The van der Waals surface area contributed by atoms with Crippen molar-refractivity contribution in [1.82, 2.24) is 0 Å². The molecule has 0 N–H and O–H groups in total. The SMILES string of the molecule is CCCCCCCCC#CCCCCCCC(C)C(C)(C)C. The van der Waals surface area contributed by atoms with Crippen molar-refractivity contribution in [3.63, 3.8) is 0 Å². The van der Waals surface area contributed by atoms with Crippen LogP contribution in [-0.2, 0) is 0 Å². The lowest BCUT2D eigenvalue weighted by molar-refractivity contribution is 0.240. The Balaban J connectivity index is 3.28. The molecule has 0 saturated carbocycles. The lowest BCUT2D eigenvalue weighted by atomic mass is 9.79. The third kappa shape index (κ3) is 14.5. The Bertz CT molecular complexity index is 283. The van der Waals surface area contributed by atoms with E-state index in [1.54, 1.807) is 0 Å². The number of unbranched alkanes of at least 4 members (excludes halogenated alkanes) is 10. The van der Waals surface area contributed by atoms with Crippen LogP contribution in [0.4, 0.5) is 0 Å². The maximum Gasteiger partial charge on any atom is 0.00886 e. The third-order valence-corrected chi connectivity index (χ3v) is 4.95. The Labute approximate surface area is 141 Å². The first kappa shape index (κ1) is 21.6. The quantitative estimate of drug-likeness (QED) is 0.255. The molecule has 0 aromatic rings. The molecule has 1 atom stereocenters. The molecule has 0 heterocycles. The van der Waals surface area contributed by atoms with Gasteiger partial charge in [0.1, 0.15) is 0 Å². The van der Waals surface area contributed by atoms with Gasteiger partial charge in [0.05, 0.1) is 0 Å². The van der Waals surface area contributed by atoms with E-state index >= 15 is 0 Å². The summed E-state index contributed by atoms with van der Waals surface area (Å²) in [5, 5.41) is 0. The monoisotopic (exact) mass is 306 g/mol. The fourth-order valence-electron chi connectivity index (χ4n) is 2.62. The molecule has 0 radical (unpaired) electrons. The summed E-state index contributed by atoms with van der Waals surface area (Å²) in [6.45, 7) is 11.7. The first-order valence-electron chi connectivity index (χ1n) is 9.94. The first-order chi connectivity index (χ1) is 10.5. The Morgan fingerprint density at radius 1 is 0.682 bits per heavy atom. The molecule has 0 fully saturated rings. The summed E-state index contributed by atoms with van der Waals surface area (Å²) in [6, 6.07) is 0. The molecular weight excluding hydrogens is 264 g/mol. The van der Waals surface area contributed by atoms with Gasteiger partial charge in [-0.05, 0) is 24.2 Å². The lowest BCUT2D eigenvalue weighted by Crippen LogP contribution is -2.16. The zero-order valence-corrected chi connectivity index (χ0v) is 16.3. The van der Waals surface area contributed by atoms with Crippen LogP contribution < -0.4 is 0 Å². The second kappa shape index (κ2) is 14.2. The first-order valence-corrected chi connectivity index (χ1v) is 9.94. The van der Waals surface area contributed by atoms with Gasteiger partial charge in [-0.2, -0.15) is 0 Å². The smallest absolute Gasteiger partial charge is 0.00886 e. The minimum absolute atomic E-state index is 0.474. The normalized spacial score (nSPS) is 12.8.